The Morgan fingerprint density at radius 3 is 2.20 bits per heavy atom. The summed E-state index contributed by atoms with van der Waals surface area (Å²) < 4.78 is 9.86. The second kappa shape index (κ2) is 4.21. The molecule has 1 rings (SSSR count). The smallest absolute Gasteiger partial charge is 0.312 e. The van der Waals surface area contributed by atoms with Gasteiger partial charge in [-0.15, -0.1) is 0 Å². The van der Waals surface area contributed by atoms with E-state index in [1.165, 1.54) is 0 Å². The zero-order chi connectivity index (χ0) is 11.6. The van der Waals surface area contributed by atoms with Gasteiger partial charge in [-0.2, -0.15) is 0 Å². The fraction of sp³-hybridized carbons (Fsp3) is 0.818. The summed E-state index contributed by atoms with van der Waals surface area (Å²) in [6.45, 7) is 7.84. The summed E-state index contributed by atoms with van der Waals surface area (Å²) in [5.74, 6) is -0.914. The third-order valence-electron chi connectivity index (χ3n) is 3.24. The molecular formula is C11H18O4. The number of esters is 2. The van der Waals surface area contributed by atoms with Crippen LogP contribution in [0.4, 0.5) is 0 Å². The highest BCUT2D eigenvalue weighted by molar-refractivity contribution is 5.91. The van der Waals surface area contributed by atoms with Gasteiger partial charge in [-0.3, -0.25) is 9.59 Å². The van der Waals surface area contributed by atoms with Crippen LogP contribution in [0.25, 0.3) is 0 Å². The molecule has 0 aromatic carbocycles. The van der Waals surface area contributed by atoms with Crippen molar-refractivity contribution in [1.29, 1.82) is 0 Å². The molecule has 0 amide bonds. The van der Waals surface area contributed by atoms with Crippen LogP contribution in [0.3, 0.4) is 0 Å². The van der Waals surface area contributed by atoms with Crippen LogP contribution in [0.2, 0.25) is 0 Å². The first-order valence-electron chi connectivity index (χ1n) is 5.33. The maximum absolute atomic E-state index is 11.6. The summed E-state index contributed by atoms with van der Waals surface area (Å²) in [6, 6.07) is 0. The highest BCUT2D eigenvalue weighted by Gasteiger charge is 2.69. The molecule has 86 valence electrons. The van der Waals surface area contributed by atoms with Crippen LogP contribution in [-0.2, 0) is 19.1 Å². The third-order valence-corrected chi connectivity index (χ3v) is 3.24. The maximum Gasteiger partial charge on any atom is 0.312 e. The molecule has 0 heterocycles. The van der Waals surface area contributed by atoms with E-state index in [0.29, 0.717) is 13.2 Å². The van der Waals surface area contributed by atoms with Gasteiger partial charge in [0.25, 0.3) is 0 Å². The minimum absolute atomic E-state index is 0.00981. The molecule has 1 aliphatic carbocycles. The summed E-state index contributed by atoms with van der Waals surface area (Å²) in [6.07, 6.45) is 0. The molecule has 1 unspecified atom stereocenters. The zero-order valence-electron chi connectivity index (χ0n) is 9.70. The Morgan fingerprint density at radius 1 is 1.20 bits per heavy atom. The van der Waals surface area contributed by atoms with Crippen LogP contribution in [0.15, 0.2) is 0 Å². The van der Waals surface area contributed by atoms with Crippen molar-refractivity contribution in [3.8, 4) is 0 Å². The van der Waals surface area contributed by atoms with E-state index in [-0.39, 0.29) is 23.8 Å². The van der Waals surface area contributed by atoms with Crippen molar-refractivity contribution < 1.29 is 19.1 Å². The van der Waals surface area contributed by atoms with Gasteiger partial charge in [-0.25, -0.2) is 0 Å². The number of carbonyl (C=O) groups is 2. The Hall–Kier alpha value is -1.06. The quantitative estimate of drug-likeness (QED) is 0.663. The van der Waals surface area contributed by atoms with Gasteiger partial charge in [0.05, 0.1) is 24.5 Å². The Bertz CT molecular complexity index is 274. The Morgan fingerprint density at radius 2 is 1.73 bits per heavy atom. The lowest BCUT2D eigenvalue weighted by atomic mass is 10.1. The zero-order valence-corrected chi connectivity index (χ0v) is 9.70. The van der Waals surface area contributed by atoms with Crippen molar-refractivity contribution in [2.45, 2.75) is 27.7 Å². The predicted molar refractivity (Wildman–Crippen MR) is 54.0 cm³/mol. The first-order valence-corrected chi connectivity index (χ1v) is 5.33. The van der Waals surface area contributed by atoms with Crippen LogP contribution in [0.1, 0.15) is 27.7 Å². The normalized spacial score (nSPS) is 33.3. The van der Waals surface area contributed by atoms with Crippen molar-refractivity contribution in [1.82, 2.24) is 0 Å². The number of rotatable bonds is 4. The van der Waals surface area contributed by atoms with E-state index in [4.69, 9.17) is 9.47 Å². The topological polar surface area (TPSA) is 52.6 Å². The summed E-state index contributed by atoms with van der Waals surface area (Å²) in [5.41, 5.74) is -0.678. The van der Waals surface area contributed by atoms with Crippen LogP contribution < -0.4 is 0 Å². The first-order chi connectivity index (χ1) is 7.00. The maximum atomic E-state index is 11.6. The summed E-state index contributed by atoms with van der Waals surface area (Å²) in [4.78, 5) is 23.1. The minimum Gasteiger partial charge on any atom is -0.466 e. The number of carbonyl (C=O) groups excluding carboxylic acids is 2. The molecule has 15 heavy (non-hydrogen) atoms. The van der Waals surface area contributed by atoms with Crippen molar-refractivity contribution in [2.75, 3.05) is 13.2 Å². The van der Waals surface area contributed by atoms with Gasteiger partial charge < -0.3 is 9.47 Å². The van der Waals surface area contributed by atoms with E-state index in [9.17, 15) is 9.59 Å². The monoisotopic (exact) mass is 214 g/mol. The molecule has 1 fully saturated rings. The van der Waals surface area contributed by atoms with Crippen molar-refractivity contribution in [3.05, 3.63) is 0 Å². The molecule has 0 bridgehead atoms. The number of hydrogen-bond acceptors (Lipinski definition) is 4. The molecule has 1 saturated carbocycles. The van der Waals surface area contributed by atoms with Crippen molar-refractivity contribution in [3.63, 3.8) is 0 Å². The van der Waals surface area contributed by atoms with Crippen molar-refractivity contribution >= 4 is 11.9 Å². The van der Waals surface area contributed by atoms with E-state index in [1.54, 1.807) is 20.8 Å². The van der Waals surface area contributed by atoms with Crippen LogP contribution in [0.5, 0.6) is 0 Å². The molecule has 4 heteroatoms. The molecule has 0 spiro atoms. The highest BCUT2D eigenvalue weighted by Crippen LogP contribution is 2.59. The Labute approximate surface area is 89.9 Å². The second-order valence-electron chi connectivity index (χ2n) is 4.02. The fourth-order valence-corrected chi connectivity index (χ4v) is 2.01. The minimum atomic E-state index is -0.678. The lowest BCUT2D eigenvalue weighted by molar-refractivity contribution is -0.154. The largest absolute Gasteiger partial charge is 0.466 e. The molecule has 1 aliphatic rings. The lowest BCUT2D eigenvalue weighted by Gasteiger charge is -2.09. The molecule has 0 saturated heterocycles. The van der Waals surface area contributed by atoms with E-state index >= 15 is 0 Å². The van der Waals surface area contributed by atoms with E-state index in [0.717, 1.165) is 0 Å². The predicted octanol–water partition coefficient (Wildman–Crippen LogP) is 1.38. The third kappa shape index (κ3) is 1.85. The molecule has 0 aliphatic heterocycles. The van der Waals surface area contributed by atoms with Gasteiger partial charge in [0.2, 0.25) is 0 Å². The second-order valence-corrected chi connectivity index (χ2v) is 4.02. The van der Waals surface area contributed by atoms with Gasteiger partial charge in [0.1, 0.15) is 0 Å². The van der Waals surface area contributed by atoms with E-state index < -0.39 is 5.41 Å². The number of ether oxygens (including phenoxy) is 2. The van der Waals surface area contributed by atoms with Crippen molar-refractivity contribution in [2.24, 2.45) is 17.3 Å². The van der Waals surface area contributed by atoms with Gasteiger partial charge in [0, 0.05) is 0 Å². The molecule has 0 aromatic rings. The Balaban J connectivity index is 2.65. The molecule has 3 atom stereocenters. The Kier molecular flexibility index (Phi) is 3.37. The summed E-state index contributed by atoms with van der Waals surface area (Å²) >= 11 is 0. The van der Waals surface area contributed by atoms with E-state index in [2.05, 4.69) is 0 Å². The SMILES string of the molecule is CCOC(=O)[C@@H]1C(C)[C@@]1(C)C(=O)OCC. The molecule has 0 N–H and O–H groups in total. The summed E-state index contributed by atoms with van der Waals surface area (Å²) in [5, 5.41) is 0. The number of hydrogen-bond donors (Lipinski definition) is 0. The molecule has 0 aromatic heterocycles. The van der Waals surface area contributed by atoms with Crippen LogP contribution in [-0.4, -0.2) is 25.2 Å². The first kappa shape index (κ1) is 12.0. The molecule has 4 nitrogen and oxygen atoms in total. The van der Waals surface area contributed by atoms with Gasteiger partial charge in [0.15, 0.2) is 0 Å². The van der Waals surface area contributed by atoms with Crippen LogP contribution in [0, 0.1) is 17.3 Å². The summed E-state index contributed by atoms with van der Waals surface area (Å²) in [7, 11) is 0. The lowest BCUT2D eigenvalue weighted by Crippen LogP contribution is -2.22. The average Bonchev–Trinajstić information content (AvgIpc) is 2.72. The molecule has 0 radical (unpaired) electrons. The molecular weight excluding hydrogens is 196 g/mol. The standard InChI is InChI=1S/C11H18O4/c1-5-14-9(12)8-7(3)11(8,4)10(13)15-6-2/h7-8H,5-6H2,1-4H3/t7?,8-,11+/m0/s1. The van der Waals surface area contributed by atoms with Gasteiger partial charge in [-0.05, 0) is 26.7 Å². The van der Waals surface area contributed by atoms with Gasteiger partial charge in [-0.1, -0.05) is 6.92 Å². The fourth-order valence-electron chi connectivity index (χ4n) is 2.01. The average molecular weight is 214 g/mol. The van der Waals surface area contributed by atoms with E-state index in [1.807, 2.05) is 6.92 Å². The highest BCUT2D eigenvalue weighted by atomic mass is 16.5. The van der Waals surface area contributed by atoms with Gasteiger partial charge >= 0.3 is 11.9 Å². The van der Waals surface area contributed by atoms with Crippen LogP contribution >= 0.6 is 0 Å².